The van der Waals surface area contributed by atoms with Crippen LogP contribution in [0, 0.1) is 6.92 Å². The molecule has 2 rings (SSSR count). The van der Waals surface area contributed by atoms with Crippen LogP contribution in [-0.4, -0.2) is 11.1 Å². The molecule has 0 heterocycles. The van der Waals surface area contributed by atoms with Crippen LogP contribution >= 0.6 is 15.9 Å². The molecular formula is C16H14BrO2+. The SMILES string of the molecule is [CH2+]C(C)(c1ccccc1)c1cc(Br)ccc1C(=O)O. The maximum Gasteiger partial charge on any atom is 0.336 e. The Morgan fingerprint density at radius 1 is 1.21 bits per heavy atom. The van der Waals surface area contributed by atoms with Gasteiger partial charge in [-0.2, -0.15) is 0 Å². The topological polar surface area (TPSA) is 37.3 Å². The van der Waals surface area contributed by atoms with Crippen LogP contribution in [0.4, 0.5) is 0 Å². The molecule has 0 spiro atoms. The van der Waals surface area contributed by atoms with E-state index >= 15 is 0 Å². The molecule has 0 aromatic heterocycles. The fourth-order valence-electron chi connectivity index (χ4n) is 2.12. The summed E-state index contributed by atoms with van der Waals surface area (Å²) in [5.41, 5.74) is 1.35. The lowest BCUT2D eigenvalue weighted by Gasteiger charge is -2.21. The molecule has 1 unspecified atom stereocenters. The van der Waals surface area contributed by atoms with E-state index in [1.54, 1.807) is 12.1 Å². The molecule has 0 bridgehead atoms. The predicted molar refractivity (Wildman–Crippen MR) is 79.4 cm³/mol. The molecule has 0 aliphatic heterocycles. The van der Waals surface area contributed by atoms with Crippen molar-refractivity contribution >= 4 is 21.9 Å². The minimum atomic E-state index is -0.937. The fourth-order valence-corrected chi connectivity index (χ4v) is 2.48. The average molecular weight is 318 g/mol. The van der Waals surface area contributed by atoms with Gasteiger partial charge in [0.2, 0.25) is 0 Å². The number of aromatic carboxylic acids is 1. The van der Waals surface area contributed by atoms with Crippen LogP contribution in [0.5, 0.6) is 0 Å². The maximum atomic E-state index is 11.4. The van der Waals surface area contributed by atoms with Gasteiger partial charge in [0.05, 0.1) is 12.5 Å². The Hall–Kier alpha value is -1.74. The van der Waals surface area contributed by atoms with Gasteiger partial charge in [0.1, 0.15) is 0 Å². The normalized spacial score (nSPS) is 13.8. The summed E-state index contributed by atoms with van der Waals surface area (Å²) in [6.45, 7) is 6.14. The molecule has 2 nitrogen and oxygen atoms in total. The Morgan fingerprint density at radius 2 is 1.84 bits per heavy atom. The first-order valence-corrected chi connectivity index (χ1v) is 6.66. The van der Waals surface area contributed by atoms with E-state index in [4.69, 9.17) is 0 Å². The monoisotopic (exact) mass is 317 g/mol. The van der Waals surface area contributed by atoms with E-state index in [2.05, 4.69) is 22.9 Å². The summed E-state index contributed by atoms with van der Waals surface area (Å²) in [6.07, 6.45) is 0. The predicted octanol–water partition coefficient (Wildman–Crippen LogP) is 4.29. The number of carboxylic acid groups (broad SMARTS) is 1. The van der Waals surface area contributed by atoms with E-state index in [1.807, 2.05) is 43.3 Å². The van der Waals surface area contributed by atoms with Crippen molar-refractivity contribution in [3.05, 3.63) is 76.6 Å². The number of hydrogen-bond acceptors (Lipinski definition) is 1. The minimum Gasteiger partial charge on any atom is -0.478 e. The van der Waals surface area contributed by atoms with E-state index in [0.29, 0.717) is 5.56 Å². The zero-order valence-corrected chi connectivity index (χ0v) is 12.1. The zero-order chi connectivity index (χ0) is 14.0. The molecule has 1 atom stereocenters. The Kier molecular flexibility index (Phi) is 3.67. The van der Waals surface area contributed by atoms with Gasteiger partial charge < -0.3 is 5.11 Å². The van der Waals surface area contributed by atoms with Gasteiger partial charge in [0.25, 0.3) is 0 Å². The van der Waals surface area contributed by atoms with Gasteiger partial charge in [-0.15, -0.1) is 0 Å². The van der Waals surface area contributed by atoms with Crippen molar-refractivity contribution in [2.75, 3.05) is 0 Å². The van der Waals surface area contributed by atoms with Crippen LogP contribution in [0.3, 0.4) is 0 Å². The van der Waals surface area contributed by atoms with Gasteiger partial charge >= 0.3 is 5.97 Å². The lowest BCUT2D eigenvalue weighted by molar-refractivity contribution is 0.0694. The summed E-state index contributed by atoms with van der Waals surface area (Å²) in [5, 5.41) is 9.32. The van der Waals surface area contributed by atoms with E-state index in [-0.39, 0.29) is 5.56 Å². The van der Waals surface area contributed by atoms with Gasteiger partial charge in [-0.05, 0) is 25.1 Å². The third-order valence-electron chi connectivity index (χ3n) is 3.22. The molecule has 0 saturated heterocycles. The van der Waals surface area contributed by atoms with Crippen LogP contribution in [0.15, 0.2) is 53.0 Å². The van der Waals surface area contributed by atoms with E-state index < -0.39 is 11.4 Å². The van der Waals surface area contributed by atoms with Crippen molar-refractivity contribution < 1.29 is 9.90 Å². The summed E-state index contributed by atoms with van der Waals surface area (Å²) < 4.78 is 0.846. The molecule has 0 aliphatic carbocycles. The molecule has 2 aromatic carbocycles. The number of carboxylic acids is 1. The highest BCUT2D eigenvalue weighted by atomic mass is 79.9. The summed E-state index contributed by atoms with van der Waals surface area (Å²) in [5.74, 6) is -0.937. The second-order valence-corrected chi connectivity index (χ2v) is 5.61. The van der Waals surface area contributed by atoms with Crippen molar-refractivity contribution in [3.63, 3.8) is 0 Å². The standard InChI is InChI=1S/C16H13BrO2/c1-16(2,11-6-4-3-5-7-11)14-10-12(17)8-9-13(14)15(18)19/h3-10H,1H2,2H3/p+1. The van der Waals surface area contributed by atoms with Crippen LogP contribution in [0.25, 0.3) is 0 Å². The number of halogens is 1. The molecular weight excluding hydrogens is 304 g/mol. The molecule has 96 valence electrons. The first kappa shape index (κ1) is 13.7. The Bertz CT molecular complexity index is 603. The van der Waals surface area contributed by atoms with Crippen LogP contribution in [-0.2, 0) is 5.41 Å². The summed E-state index contributed by atoms with van der Waals surface area (Å²) in [6, 6.07) is 14.9. The molecule has 0 fully saturated rings. The molecule has 19 heavy (non-hydrogen) atoms. The maximum absolute atomic E-state index is 11.4. The van der Waals surface area contributed by atoms with Crippen LogP contribution < -0.4 is 0 Å². The molecule has 0 aliphatic rings. The van der Waals surface area contributed by atoms with Gasteiger partial charge in [0, 0.05) is 15.6 Å². The average Bonchev–Trinajstić information content (AvgIpc) is 2.39. The second-order valence-electron chi connectivity index (χ2n) is 4.69. The lowest BCUT2D eigenvalue weighted by atomic mass is 9.76. The van der Waals surface area contributed by atoms with Gasteiger partial charge in [-0.1, -0.05) is 46.3 Å². The van der Waals surface area contributed by atoms with Gasteiger partial charge in [0.15, 0.2) is 5.41 Å². The van der Waals surface area contributed by atoms with Crippen molar-refractivity contribution in [1.29, 1.82) is 0 Å². The van der Waals surface area contributed by atoms with E-state index in [9.17, 15) is 9.90 Å². The van der Waals surface area contributed by atoms with Gasteiger partial charge in [-0.3, -0.25) is 0 Å². The number of hydrogen-bond donors (Lipinski definition) is 1. The fraction of sp³-hybridized carbons (Fsp3) is 0.125. The van der Waals surface area contributed by atoms with Crippen molar-refractivity contribution in [1.82, 2.24) is 0 Å². The molecule has 3 heteroatoms. The summed E-state index contributed by atoms with van der Waals surface area (Å²) in [4.78, 5) is 11.4. The lowest BCUT2D eigenvalue weighted by Crippen LogP contribution is -2.22. The number of rotatable bonds is 3. The Morgan fingerprint density at radius 3 is 2.42 bits per heavy atom. The summed E-state index contributed by atoms with van der Waals surface area (Å²) in [7, 11) is 0. The minimum absolute atomic E-state index is 0.282. The molecule has 0 saturated carbocycles. The van der Waals surface area contributed by atoms with Crippen molar-refractivity contribution in [2.45, 2.75) is 12.3 Å². The largest absolute Gasteiger partial charge is 0.478 e. The third kappa shape index (κ3) is 2.66. The van der Waals surface area contributed by atoms with Crippen LogP contribution in [0.2, 0.25) is 0 Å². The first-order valence-electron chi connectivity index (χ1n) is 5.87. The number of benzene rings is 2. The quantitative estimate of drug-likeness (QED) is 0.857. The second kappa shape index (κ2) is 5.10. The van der Waals surface area contributed by atoms with Crippen LogP contribution in [0.1, 0.15) is 28.4 Å². The Labute approximate surface area is 121 Å². The highest BCUT2D eigenvalue weighted by molar-refractivity contribution is 9.10. The smallest absolute Gasteiger partial charge is 0.336 e. The van der Waals surface area contributed by atoms with Gasteiger partial charge in [-0.25, -0.2) is 4.79 Å². The van der Waals surface area contributed by atoms with Crippen molar-refractivity contribution in [2.24, 2.45) is 0 Å². The number of carbonyl (C=O) groups is 1. The van der Waals surface area contributed by atoms with Crippen molar-refractivity contribution in [3.8, 4) is 0 Å². The molecule has 1 N–H and O–H groups in total. The zero-order valence-electron chi connectivity index (χ0n) is 10.6. The highest BCUT2D eigenvalue weighted by Crippen LogP contribution is 2.34. The first-order chi connectivity index (χ1) is 8.93. The molecule has 0 radical (unpaired) electrons. The third-order valence-corrected chi connectivity index (χ3v) is 3.71. The molecule has 0 amide bonds. The summed E-state index contributed by atoms with van der Waals surface area (Å²) >= 11 is 3.39. The highest BCUT2D eigenvalue weighted by Gasteiger charge is 2.34. The Balaban J connectivity index is 2.63. The molecule has 2 aromatic rings. The van der Waals surface area contributed by atoms with E-state index in [0.717, 1.165) is 10.0 Å². The van der Waals surface area contributed by atoms with E-state index in [1.165, 1.54) is 0 Å².